The second-order valence-corrected chi connectivity index (χ2v) is 6.92. The number of ether oxygens (including phenoxy) is 3. The van der Waals surface area contributed by atoms with E-state index >= 15 is 0 Å². The summed E-state index contributed by atoms with van der Waals surface area (Å²) in [6.45, 7) is 8.93. The van der Waals surface area contributed by atoms with Crippen LogP contribution in [-0.2, 0) is 17.8 Å². The number of aliphatic imine (C=N–C) groups is 1. The summed E-state index contributed by atoms with van der Waals surface area (Å²) < 4.78 is 16.7. The molecule has 174 valence electrons. The molecule has 0 aliphatic heterocycles. The highest BCUT2D eigenvalue weighted by Crippen LogP contribution is 2.28. The third-order valence-electron chi connectivity index (χ3n) is 4.36. The van der Waals surface area contributed by atoms with Gasteiger partial charge in [-0.3, -0.25) is 4.79 Å². The minimum atomic E-state index is -0.507. The highest BCUT2D eigenvalue weighted by atomic mass is 16.5. The number of benzene rings is 2. The van der Waals surface area contributed by atoms with Crippen LogP contribution in [0, 0.1) is 0 Å². The van der Waals surface area contributed by atoms with Crippen molar-refractivity contribution in [3.63, 3.8) is 0 Å². The maximum absolute atomic E-state index is 10.9. The lowest BCUT2D eigenvalue weighted by molar-refractivity contribution is -0.119. The largest absolute Gasteiger partial charge is 0.490 e. The van der Waals surface area contributed by atoms with Crippen LogP contribution in [0.2, 0.25) is 0 Å². The number of guanidine groups is 1. The van der Waals surface area contributed by atoms with Crippen LogP contribution in [0.15, 0.2) is 47.5 Å². The van der Waals surface area contributed by atoms with Crippen molar-refractivity contribution in [3.8, 4) is 17.2 Å². The van der Waals surface area contributed by atoms with Crippen LogP contribution in [-0.4, -0.2) is 44.8 Å². The summed E-state index contributed by atoms with van der Waals surface area (Å²) in [5.74, 6) is 2.35. The van der Waals surface area contributed by atoms with Crippen LogP contribution in [0.4, 0.5) is 0 Å². The molecule has 0 unspecified atom stereocenters. The number of primary amides is 1. The Balaban J connectivity index is 1.94. The highest BCUT2D eigenvalue weighted by Gasteiger charge is 2.07. The molecule has 8 nitrogen and oxygen atoms in total. The number of nitrogens with two attached hydrogens (primary N) is 1. The Morgan fingerprint density at radius 1 is 0.938 bits per heavy atom. The molecule has 0 bridgehead atoms. The molecule has 2 aromatic carbocycles. The summed E-state index contributed by atoms with van der Waals surface area (Å²) in [5.41, 5.74) is 7.25. The Bertz CT molecular complexity index is 886. The molecule has 2 rings (SSSR count). The Labute approximate surface area is 190 Å². The summed E-state index contributed by atoms with van der Waals surface area (Å²) >= 11 is 0. The van der Waals surface area contributed by atoms with Gasteiger partial charge in [-0.05, 0) is 62.6 Å². The van der Waals surface area contributed by atoms with E-state index < -0.39 is 5.91 Å². The summed E-state index contributed by atoms with van der Waals surface area (Å²) in [4.78, 5) is 15.5. The molecule has 32 heavy (non-hydrogen) atoms. The zero-order valence-electron chi connectivity index (χ0n) is 19.1. The number of amides is 1. The van der Waals surface area contributed by atoms with E-state index in [0.717, 1.165) is 41.6 Å². The lowest BCUT2D eigenvalue weighted by atomic mass is 10.1. The number of nitrogens with one attached hydrogen (secondary N) is 2. The molecule has 0 aliphatic carbocycles. The van der Waals surface area contributed by atoms with E-state index in [0.29, 0.717) is 32.1 Å². The predicted octanol–water partition coefficient (Wildman–Crippen LogP) is 2.65. The van der Waals surface area contributed by atoms with Crippen LogP contribution < -0.4 is 30.6 Å². The molecule has 0 saturated carbocycles. The van der Waals surface area contributed by atoms with E-state index in [1.54, 1.807) is 6.07 Å². The fourth-order valence-electron chi connectivity index (χ4n) is 2.98. The third kappa shape index (κ3) is 8.75. The minimum absolute atomic E-state index is 0.145. The number of carbonyl (C=O) groups excluding carboxylic acids is 1. The molecule has 0 heterocycles. The first kappa shape index (κ1) is 24.8. The summed E-state index contributed by atoms with van der Waals surface area (Å²) in [5, 5.41) is 6.61. The predicted molar refractivity (Wildman–Crippen MR) is 126 cm³/mol. The first-order chi connectivity index (χ1) is 15.5. The third-order valence-corrected chi connectivity index (χ3v) is 4.36. The number of hydrogen-bond acceptors (Lipinski definition) is 5. The van der Waals surface area contributed by atoms with E-state index in [9.17, 15) is 4.79 Å². The van der Waals surface area contributed by atoms with Crippen molar-refractivity contribution in [2.45, 2.75) is 33.7 Å². The van der Waals surface area contributed by atoms with Gasteiger partial charge in [0.05, 0.1) is 19.8 Å². The van der Waals surface area contributed by atoms with Gasteiger partial charge in [-0.25, -0.2) is 4.99 Å². The average molecular weight is 443 g/mol. The van der Waals surface area contributed by atoms with E-state index in [2.05, 4.69) is 21.7 Å². The first-order valence-corrected chi connectivity index (χ1v) is 11.0. The Morgan fingerprint density at radius 2 is 1.72 bits per heavy atom. The Morgan fingerprint density at radius 3 is 2.44 bits per heavy atom. The monoisotopic (exact) mass is 442 g/mol. The zero-order chi connectivity index (χ0) is 23.2. The van der Waals surface area contributed by atoms with Gasteiger partial charge in [0.25, 0.3) is 5.91 Å². The van der Waals surface area contributed by atoms with Crippen molar-refractivity contribution in [2.75, 3.05) is 32.9 Å². The molecule has 0 aromatic heterocycles. The lowest BCUT2D eigenvalue weighted by Crippen LogP contribution is -2.38. The van der Waals surface area contributed by atoms with Gasteiger partial charge < -0.3 is 30.6 Å². The maximum Gasteiger partial charge on any atom is 0.255 e. The molecule has 0 radical (unpaired) electrons. The summed E-state index contributed by atoms with van der Waals surface area (Å²) in [7, 11) is 0. The van der Waals surface area contributed by atoms with Crippen LogP contribution >= 0.6 is 0 Å². The first-order valence-electron chi connectivity index (χ1n) is 11.0. The van der Waals surface area contributed by atoms with Crippen molar-refractivity contribution in [3.05, 3.63) is 53.6 Å². The van der Waals surface area contributed by atoms with Crippen LogP contribution in [0.1, 0.15) is 31.9 Å². The van der Waals surface area contributed by atoms with E-state index in [-0.39, 0.29) is 6.61 Å². The van der Waals surface area contributed by atoms with E-state index in [1.165, 1.54) is 0 Å². The van der Waals surface area contributed by atoms with Crippen molar-refractivity contribution >= 4 is 11.9 Å². The molecular weight excluding hydrogens is 408 g/mol. The molecular formula is C24H34N4O4. The van der Waals surface area contributed by atoms with Gasteiger partial charge in [-0.2, -0.15) is 0 Å². The number of hydrogen-bond donors (Lipinski definition) is 3. The Kier molecular flexibility index (Phi) is 10.7. The number of carbonyl (C=O) groups is 1. The van der Waals surface area contributed by atoms with Crippen molar-refractivity contribution < 1.29 is 19.0 Å². The summed E-state index contributed by atoms with van der Waals surface area (Å²) in [6, 6.07) is 13.5. The second-order valence-electron chi connectivity index (χ2n) is 6.92. The second kappa shape index (κ2) is 13.8. The van der Waals surface area contributed by atoms with E-state index in [1.807, 2.05) is 51.1 Å². The molecule has 0 spiro atoms. The van der Waals surface area contributed by atoms with Crippen LogP contribution in [0.3, 0.4) is 0 Å². The van der Waals surface area contributed by atoms with E-state index in [4.69, 9.17) is 19.9 Å². The zero-order valence-corrected chi connectivity index (χ0v) is 19.1. The Hall–Kier alpha value is -3.42. The maximum atomic E-state index is 10.9. The highest BCUT2D eigenvalue weighted by molar-refractivity contribution is 5.79. The quantitative estimate of drug-likeness (QED) is 0.325. The van der Waals surface area contributed by atoms with Gasteiger partial charge in [-0.15, -0.1) is 0 Å². The molecule has 0 saturated heterocycles. The van der Waals surface area contributed by atoms with Gasteiger partial charge >= 0.3 is 0 Å². The fraction of sp³-hybridized carbons (Fsp3) is 0.417. The molecule has 0 atom stereocenters. The SMILES string of the molecule is CCNC(=NCc1cccc(OCC(N)=O)c1)NCCc1ccc(OCC)c(OCC)c1. The van der Waals surface area contributed by atoms with Gasteiger partial charge in [0.15, 0.2) is 24.1 Å². The van der Waals surface area contributed by atoms with Crippen LogP contribution in [0.5, 0.6) is 17.2 Å². The van der Waals surface area contributed by atoms with Gasteiger partial charge in [0, 0.05) is 13.1 Å². The average Bonchev–Trinajstić information content (AvgIpc) is 2.78. The van der Waals surface area contributed by atoms with Gasteiger partial charge in [0.2, 0.25) is 0 Å². The number of nitrogens with zero attached hydrogens (tertiary/aromatic N) is 1. The number of rotatable bonds is 13. The van der Waals surface area contributed by atoms with Crippen molar-refractivity contribution in [1.29, 1.82) is 0 Å². The lowest BCUT2D eigenvalue weighted by Gasteiger charge is -2.14. The van der Waals surface area contributed by atoms with Crippen LogP contribution in [0.25, 0.3) is 0 Å². The molecule has 8 heteroatoms. The normalized spacial score (nSPS) is 11.0. The minimum Gasteiger partial charge on any atom is -0.490 e. The topological polar surface area (TPSA) is 107 Å². The molecule has 0 fully saturated rings. The molecule has 2 aromatic rings. The van der Waals surface area contributed by atoms with Gasteiger partial charge in [-0.1, -0.05) is 18.2 Å². The fourth-order valence-corrected chi connectivity index (χ4v) is 2.98. The van der Waals surface area contributed by atoms with Crippen molar-refractivity contribution in [1.82, 2.24) is 10.6 Å². The van der Waals surface area contributed by atoms with Crippen molar-refractivity contribution in [2.24, 2.45) is 10.7 Å². The molecule has 1 amide bonds. The smallest absolute Gasteiger partial charge is 0.255 e. The summed E-state index contributed by atoms with van der Waals surface area (Å²) in [6.07, 6.45) is 0.813. The van der Waals surface area contributed by atoms with Gasteiger partial charge in [0.1, 0.15) is 5.75 Å². The standard InChI is InChI=1S/C24H34N4O4/c1-4-26-24(28-16-19-8-7-9-20(14-19)32-17-23(25)29)27-13-12-18-10-11-21(30-5-2)22(15-18)31-6-3/h7-11,14-15H,4-6,12-13,16-17H2,1-3H3,(H2,25,29)(H2,26,27,28). The molecule has 0 aliphatic rings. The molecule has 4 N–H and O–H groups in total.